The van der Waals surface area contributed by atoms with Crippen LogP contribution in [0.25, 0.3) is 0 Å². The quantitative estimate of drug-likeness (QED) is 0.201. The highest BCUT2D eigenvalue weighted by Crippen LogP contribution is 2.25. The van der Waals surface area contributed by atoms with Gasteiger partial charge in [-0.3, -0.25) is 33.6 Å². The number of hydrogen-bond donors (Lipinski definition) is 7. The van der Waals surface area contributed by atoms with E-state index < -0.39 is 77.7 Å². The van der Waals surface area contributed by atoms with E-state index in [1.807, 2.05) is 50.4 Å². The lowest BCUT2D eigenvalue weighted by Crippen LogP contribution is -2.58. The molecule has 3 rings (SSSR count). The Morgan fingerprint density at radius 1 is 0.981 bits per heavy atom. The van der Waals surface area contributed by atoms with Crippen molar-refractivity contribution in [2.75, 3.05) is 25.1 Å². The van der Waals surface area contributed by atoms with Gasteiger partial charge >= 0.3 is 0 Å². The van der Waals surface area contributed by atoms with Crippen LogP contribution in [-0.2, 0) is 35.2 Å². The van der Waals surface area contributed by atoms with E-state index in [0.29, 0.717) is 23.6 Å². The predicted molar refractivity (Wildman–Crippen MR) is 208 cm³/mol. The lowest BCUT2D eigenvalue weighted by molar-refractivity contribution is -0.138. The molecule has 16 nitrogen and oxygen atoms in total. The first-order valence-electron chi connectivity index (χ1n) is 17.7. The Morgan fingerprint density at radius 2 is 1.59 bits per heavy atom. The lowest BCUT2D eigenvalue weighted by Gasteiger charge is -2.31. The third kappa shape index (κ3) is 15.1. The molecule has 0 aliphatic carbocycles. The number of carbonyl (C=O) groups excluding carboxylic acids is 6. The monoisotopic (exact) mass is 790 g/mol. The zero-order valence-corrected chi connectivity index (χ0v) is 33.5. The van der Waals surface area contributed by atoms with Crippen LogP contribution in [0.15, 0.2) is 35.7 Å². The number of carboxylic acid groups (broad SMARTS) is 1. The van der Waals surface area contributed by atoms with Gasteiger partial charge in [-0.15, -0.1) is 11.3 Å². The van der Waals surface area contributed by atoms with Crippen molar-refractivity contribution in [3.8, 4) is 0 Å². The zero-order valence-electron chi connectivity index (χ0n) is 31.8. The molecule has 2 bridgehead atoms. The number of thioether (sulfide) groups is 1. The van der Waals surface area contributed by atoms with E-state index in [1.165, 1.54) is 41.8 Å². The molecule has 2 heterocycles. The highest BCUT2D eigenvalue weighted by molar-refractivity contribution is 7.98. The average Bonchev–Trinajstić information content (AvgIpc) is 3.60. The summed E-state index contributed by atoms with van der Waals surface area (Å²) in [6, 6.07) is 4.27. The van der Waals surface area contributed by atoms with Crippen LogP contribution in [0, 0.1) is 5.92 Å². The molecule has 0 unspecified atom stereocenters. The molecule has 54 heavy (non-hydrogen) atoms. The van der Waals surface area contributed by atoms with Crippen LogP contribution in [-0.4, -0.2) is 112 Å². The van der Waals surface area contributed by atoms with E-state index in [-0.39, 0.29) is 31.1 Å². The number of hydrogen-bond acceptors (Lipinski definition) is 11. The summed E-state index contributed by atoms with van der Waals surface area (Å²) in [5.41, 5.74) is 6.98. The Kier molecular flexibility index (Phi) is 19.1. The number of thiazole rings is 1. The molecule has 6 amide bonds. The Balaban J connectivity index is 0.00000239. The number of rotatable bonds is 8. The smallest absolute Gasteiger partial charge is 0.300 e. The van der Waals surface area contributed by atoms with Gasteiger partial charge in [0.05, 0.1) is 24.7 Å². The van der Waals surface area contributed by atoms with E-state index in [9.17, 15) is 28.8 Å². The van der Waals surface area contributed by atoms with Gasteiger partial charge in [0.25, 0.3) is 11.9 Å². The van der Waals surface area contributed by atoms with Crippen molar-refractivity contribution in [1.82, 2.24) is 36.5 Å². The number of aromatic nitrogens is 1. The minimum absolute atomic E-state index is 0.0446. The zero-order chi connectivity index (χ0) is 40.5. The molecule has 0 radical (unpaired) electrons. The summed E-state index contributed by atoms with van der Waals surface area (Å²) in [6.07, 6.45) is 2.73. The number of nitrogens with one attached hydrogen (secondary N) is 5. The number of aliphatic carboxylic acids is 1. The van der Waals surface area contributed by atoms with Gasteiger partial charge in [0, 0.05) is 18.8 Å². The van der Waals surface area contributed by atoms with Gasteiger partial charge in [-0.25, -0.2) is 4.98 Å². The summed E-state index contributed by atoms with van der Waals surface area (Å²) < 4.78 is 0. The maximum Gasteiger partial charge on any atom is 0.300 e. The molecule has 0 fully saturated rings. The topological polar surface area (TPSA) is 242 Å². The van der Waals surface area contributed by atoms with Crippen LogP contribution in [0.2, 0.25) is 0 Å². The van der Waals surface area contributed by atoms with Crippen molar-refractivity contribution in [1.29, 1.82) is 0 Å². The van der Waals surface area contributed by atoms with Crippen molar-refractivity contribution >= 4 is 64.5 Å². The molecular weight excluding hydrogens is 737 g/mol. The average molecular weight is 791 g/mol. The standard InChI is InChI=1S/C34H50N8O6S2.C2H4O2/c1-7-24-30(45)39-25(13-14-49-6)31(46)37-23(15-22-11-9-8-10-12-22)16-42(34(48)20(4)35)17-27(43)41-28(19(2)3)33-40-26(18-50-33)32(47)36-21(5)29(44)38-24;1-2(3)4/h8-12,18-21,23-25,28H,7,13-17,35H2,1-6H3,(H,36,47)(H,37,46)(H,38,44)(H,39,45)(H,41,43);1H3,(H,3,4)/t20-,21+,23-,24-,25-,28-;/m0./s1. The Hall–Kier alpha value is -4.55. The first kappa shape index (κ1) is 45.6. The Morgan fingerprint density at radius 3 is 2.17 bits per heavy atom. The van der Waals surface area contributed by atoms with E-state index in [4.69, 9.17) is 15.6 Å². The highest BCUT2D eigenvalue weighted by Gasteiger charge is 2.32. The van der Waals surface area contributed by atoms with Crippen LogP contribution in [0.1, 0.15) is 81.5 Å². The fraction of sp³-hybridized carbons (Fsp3) is 0.556. The molecule has 298 valence electrons. The van der Waals surface area contributed by atoms with Crippen LogP contribution in [0.3, 0.4) is 0 Å². The molecule has 1 aromatic carbocycles. The second-order valence-corrected chi connectivity index (χ2v) is 15.2. The molecule has 1 aromatic heterocycles. The Bertz CT molecular complexity index is 1580. The summed E-state index contributed by atoms with van der Waals surface area (Å²) >= 11 is 2.69. The number of benzene rings is 1. The van der Waals surface area contributed by atoms with E-state index in [1.54, 1.807) is 12.3 Å². The number of amides is 6. The fourth-order valence-corrected chi connectivity index (χ4v) is 6.84. The maximum absolute atomic E-state index is 13.9. The van der Waals surface area contributed by atoms with E-state index in [0.717, 1.165) is 12.5 Å². The largest absolute Gasteiger partial charge is 0.481 e. The third-order valence-electron chi connectivity index (χ3n) is 8.18. The second-order valence-electron chi connectivity index (χ2n) is 13.3. The van der Waals surface area contributed by atoms with Gasteiger partial charge in [-0.05, 0) is 56.6 Å². The van der Waals surface area contributed by atoms with Crippen molar-refractivity contribution in [3.63, 3.8) is 0 Å². The first-order valence-corrected chi connectivity index (χ1v) is 20.0. The van der Waals surface area contributed by atoms with Crippen molar-refractivity contribution in [2.45, 2.75) is 97.1 Å². The van der Waals surface area contributed by atoms with Crippen LogP contribution < -0.4 is 32.3 Å². The van der Waals surface area contributed by atoms with Gasteiger partial charge in [0.1, 0.15) is 28.8 Å². The number of nitrogens with zero attached hydrogens (tertiary/aromatic N) is 2. The minimum atomic E-state index is -1.01. The Labute approximate surface area is 324 Å². The van der Waals surface area contributed by atoms with E-state index >= 15 is 0 Å². The molecule has 1 aliphatic heterocycles. The number of carboxylic acids is 1. The number of nitrogens with two attached hydrogens (primary N) is 1. The van der Waals surface area contributed by atoms with E-state index in [2.05, 4.69) is 31.6 Å². The number of fused-ring (bicyclic) bond motifs is 2. The normalized spacial score (nSPS) is 22.6. The van der Waals surface area contributed by atoms with Gasteiger partial charge in [0.2, 0.25) is 29.5 Å². The minimum Gasteiger partial charge on any atom is -0.481 e. The molecule has 18 heteroatoms. The summed E-state index contributed by atoms with van der Waals surface area (Å²) in [6.45, 7) is 9.22. The summed E-state index contributed by atoms with van der Waals surface area (Å²) in [4.78, 5) is 95.3. The molecule has 1 aliphatic rings. The van der Waals surface area contributed by atoms with Gasteiger partial charge in [-0.1, -0.05) is 51.1 Å². The maximum atomic E-state index is 13.9. The predicted octanol–water partition coefficient (Wildman–Crippen LogP) is 1.22. The third-order valence-corrected chi connectivity index (χ3v) is 9.75. The lowest BCUT2D eigenvalue weighted by atomic mass is 10.0. The molecule has 0 saturated heterocycles. The highest BCUT2D eigenvalue weighted by atomic mass is 32.2. The molecule has 0 spiro atoms. The van der Waals surface area contributed by atoms with Crippen molar-refractivity contribution in [2.24, 2.45) is 11.7 Å². The van der Waals surface area contributed by atoms with Gasteiger partial charge in [0.15, 0.2) is 0 Å². The summed E-state index contributed by atoms with van der Waals surface area (Å²) in [5.74, 6) is -3.58. The molecule has 6 atom stereocenters. The van der Waals surface area contributed by atoms with Crippen molar-refractivity contribution in [3.05, 3.63) is 52.0 Å². The molecule has 8 N–H and O–H groups in total. The van der Waals surface area contributed by atoms with Crippen molar-refractivity contribution < 1.29 is 38.7 Å². The van der Waals surface area contributed by atoms with Crippen LogP contribution >= 0.6 is 23.1 Å². The second kappa shape index (κ2) is 22.6. The first-order chi connectivity index (χ1) is 25.5. The van der Waals surface area contributed by atoms with Gasteiger partial charge < -0.3 is 42.3 Å². The molecule has 0 saturated carbocycles. The molecular formula is C36H54N8O8S2. The van der Waals surface area contributed by atoms with Crippen LogP contribution in [0.5, 0.6) is 0 Å². The summed E-state index contributed by atoms with van der Waals surface area (Å²) in [7, 11) is 0. The number of carbonyl (C=O) groups is 7. The summed E-state index contributed by atoms with van der Waals surface area (Å²) in [5, 5.41) is 23.5. The van der Waals surface area contributed by atoms with Gasteiger partial charge in [-0.2, -0.15) is 11.8 Å². The SMILES string of the molecule is CC(=O)O.CC[C@@H]1NC(=O)[C@@H](C)NC(=O)c2csc(n2)[C@H](C(C)C)NC(=O)CN(C(=O)[C@H](C)N)C[C@H](Cc2ccccc2)NC(=O)[C@H](CCSC)NC1=O. The van der Waals surface area contributed by atoms with Crippen LogP contribution in [0.4, 0.5) is 0 Å². The fourth-order valence-electron chi connectivity index (χ4n) is 5.35. The molecule has 2 aromatic rings.